The number of amides is 2. The zero-order valence-corrected chi connectivity index (χ0v) is 18.5. The fraction of sp³-hybridized carbons (Fsp3) is 0.524. The van der Waals surface area contributed by atoms with Crippen LogP contribution in [-0.2, 0) is 20.8 Å². The molecule has 1 rings (SSSR count). The van der Waals surface area contributed by atoms with Gasteiger partial charge in [0.15, 0.2) is 5.96 Å². The number of guanidine groups is 1. The number of nitrogens with two attached hydrogens (primary N) is 3. The minimum atomic E-state index is -1.21. The van der Waals surface area contributed by atoms with E-state index in [1.54, 1.807) is 12.1 Å². The van der Waals surface area contributed by atoms with Gasteiger partial charge in [0.1, 0.15) is 17.8 Å². The molecule has 32 heavy (non-hydrogen) atoms. The van der Waals surface area contributed by atoms with Crippen molar-refractivity contribution in [2.45, 2.75) is 57.7 Å². The van der Waals surface area contributed by atoms with Crippen molar-refractivity contribution in [1.82, 2.24) is 10.6 Å². The third-order valence-corrected chi connectivity index (χ3v) is 4.63. The molecule has 3 atom stereocenters. The standard InChI is InChI=1S/C21H34N6O5/c1-12(2)10-15(22)18(29)27-17(11-13-5-7-14(28)8-6-13)19(30)26-16(20(31)32)4-3-9-25-21(23)24/h5-8,12,15-17,28H,3-4,9-11,22H2,1-2H3,(H,26,30)(H,27,29)(H,31,32)(H4,23,24,25). The lowest BCUT2D eigenvalue weighted by molar-refractivity contribution is -0.142. The van der Waals surface area contributed by atoms with Crippen LogP contribution in [0.2, 0.25) is 0 Å². The number of rotatable bonds is 13. The first-order chi connectivity index (χ1) is 15.0. The number of hydrogen-bond acceptors (Lipinski definition) is 6. The number of carbonyl (C=O) groups is 3. The van der Waals surface area contributed by atoms with Gasteiger partial charge in [-0.1, -0.05) is 26.0 Å². The van der Waals surface area contributed by atoms with Crippen molar-refractivity contribution in [3.05, 3.63) is 29.8 Å². The number of carboxylic acid groups (broad SMARTS) is 1. The highest BCUT2D eigenvalue weighted by Gasteiger charge is 2.28. The van der Waals surface area contributed by atoms with Crippen LogP contribution in [0.1, 0.15) is 38.7 Å². The van der Waals surface area contributed by atoms with E-state index in [1.807, 2.05) is 13.8 Å². The molecule has 0 bridgehead atoms. The molecule has 0 aliphatic heterocycles. The van der Waals surface area contributed by atoms with Gasteiger partial charge in [-0.25, -0.2) is 4.79 Å². The van der Waals surface area contributed by atoms with Gasteiger partial charge < -0.3 is 38.0 Å². The lowest BCUT2D eigenvalue weighted by Crippen LogP contribution is -2.55. The number of nitrogens with one attached hydrogen (secondary N) is 2. The van der Waals surface area contributed by atoms with Crippen molar-refractivity contribution in [2.75, 3.05) is 6.54 Å². The molecule has 0 radical (unpaired) electrons. The van der Waals surface area contributed by atoms with Crippen LogP contribution in [0.5, 0.6) is 5.75 Å². The molecule has 1 aromatic rings. The average Bonchev–Trinajstić information content (AvgIpc) is 2.70. The lowest BCUT2D eigenvalue weighted by Gasteiger charge is -2.23. The summed E-state index contributed by atoms with van der Waals surface area (Å²) < 4.78 is 0. The SMILES string of the molecule is CC(C)CC(N)C(=O)NC(Cc1ccc(O)cc1)C(=O)NC(CCCN=C(N)N)C(=O)O. The fourth-order valence-electron chi connectivity index (χ4n) is 3.00. The van der Waals surface area contributed by atoms with Crippen molar-refractivity contribution in [3.63, 3.8) is 0 Å². The molecule has 2 amide bonds. The van der Waals surface area contributed by atoms with Gasteiger partial charge in [-0.15, -0.1) is 0 Å². The number of aromatic hydroxyl groups is 1. The number of aliphatic imine (C=N–C) groups is 1. The second-order valence-electron chi connectivity index (χ2n) is 8.02. The normalized spacial score (nSPS) is 13.6. The Morgan fingerprint density at radius 1 is 1.03 bits per heavy atom. The summed E-state index contributed by atoms with van der Waals surface area (Å²) in [6.07, 6.45) is 0.961. The Kier molecular flexibility index (Phi) is 11.0. The van der Waals surface area contributed by atoms with Crippen molar-refractivity contribution in [3.8, 4) is 5.75 Å². The molecule has 0 aromatic heterocycles. The van der Waals surface area contributed by atoms with Crippen molar-refractivity contribution < 1.29 is 24.6 Å². The van der Waals surface area contributed by atoms with Crippen LogP contribution >= 0.6 is 0 Å². The summed E-state index contributed by atoms with van der Waals surface area (Å²) in [6, 6.07) is 3.10. The van der Waals surface area contributed by atoms with Crippen LogP contribution in [0.3, 0.4) is 0 Å². The van der Waals surface area contributed by atoms with E-state index in [0.717, 1.165) is 0 Å². The number of phenolic OH excluding ortho intramolecular Hbond substituents is 1. The van der Waals surface area contributed by atoms with Crippen LogP contribution in [-0.4, -0.2) is 58.6 Å². The first-order valence-electron chi connectivity index (χ1n) is 10.4. The molecule has 10 N–H and O–H groups in total. The number of nitrogens with zero attached hydrogens (tertiary/aromatic N) is 1. The van der Waals surface area contributed by atoms with E-state index in [4.69, 9.17) is 17.2 Å². The summed E-state index contributed by atoms with van der Waals surface area (Å²) >= 11 is 0. The van der Waals surface area contributed by atoms with Crippen LogP contribution < -0.4 is 27.8 Å². The predicted octanol–water partition coefficient (Wildman–Crippen LogP) is -0.584. The van der Waals surface area contributed by atoms with E-state index in [2.05, 4.69) is 15.6 Å². The number of benzene rings is 1. The van der Waals surface area contributed by atoms with E-state index in [9.17, 15) is 24.6 Å². The smallest absolute Gasteiger partial charge is 0.326 e. The first kappa shape index (κ1) is 26.7. The van der Waals surface area contributed by atoms with Crippen LogP contribution in [0.4, 0.5) is 0 Å². The maximum atomic E-state index is 12.9. The molecule has 0 saturated heterocycles. The van der Waals surface area contributed by atoms with Gasteiger partial charge in [0, 0.05) is 13.0 Å². The number of carbonyl (C=O) groups excluding carboxylic acids is 2. The molecule has 0 aliphatic carbocycles. The number of phenols is 1. The summed E-state index contributed by atoms with van der Waals surface area (Å²) in [5.74, 6) is -2.23. The monoisotopic (exact) mass is 450 g/mol. The fourth-order valence-corrected chi connectivity index (χ4v) is 3.00. The number of hydrogen-bond donors (Lipinski definition) is 7. The van der Waals surface area contributed by atoms with Crippen LogP contribution in [0.15, 0.2) is 29.3 Å². The Balaban J connectivity index is 2.92. The molecular formula is C21H34N6O5. The van der Waals surface area contributed by atoms with Gasteiger partial charge in [0.25, 0.3) is 0 Å². The van der Waals surface area contributed by atoms with Crippen molar-refractivity contribution >= 4 is 23.7 Å². The second kappa shape index (κ2) is 13.2. The number of carboxylic acids is 1. The van der Waals surface area contributed by atoms with Gasteiger partial charge in [0.05, 0.1) is 6.04 Å². The molecule has 11 heteroatoms. The number of aliphatic carboxylic acids is 1. The Labute approximate surface area is 187 Å². The minimum Gasteiger partial charge on any atom is -0.508 e. The highest BCUT2D eigenvalue weighted by Crippen LogP contribution is 2.12. The Morgan fingerprint density at radius 2 is 1.62 bits per heavy atom. The quantitative estimate of drug-likeness (QED) is 0.117. The maximum absolute atomic E-state index is 12.9. The van der Waals surface area contributed by atoms with Crippen LogP contribution in [0.25, 0.3) is 0 Å². The predicted molar refractivity (Wildman–Crippen MR) is 121 cm³/mol. The Hall–Kier alpha value is -3.34. The topological polar surface area (TPSA) is 206 Å². The third kappa shape index (κ3) is 10.1. The Morgan fingerprint density at radius 3 is 2.16 bits per heavy atom. The summed E-state index contributed by atoms with van der Waals surface area (Å²) in [6.45, 7) is 4.07. The van der Waals surface area contributed by atoms with Gasteiger partial charge in [-0.05, 0) is 42.9 Å². The summed E-state index contributed by atoms with van der Waals surface area (Å²) in [4.78, 5) is 40.8. The van der Waals surface area contributed by atoms with Gasteiger partial charge in [-0.3, -0.25) is 14.6 Å². The molecule has 11 nitrogen and oxygen atoms in total. The summed E-state index contributed by atoms with van der Waals surface area (Å²) in [5.41, 5.74) is 17.1. The van der Waals surface area contributed by atoms with Gasteiger partial charge in [0.2, 0.25) is 11.8 Å². The van der Waals surface area contributed by atoms with E-state index in [-0.39, 0.29) is 37.0 Å². The van der Waals surface area contributed by atoms with Crippen molar-refractivity contribution in [1.29, 1.82) is 0 Å². The molecule has 0 saturated carbocycles. The molecule has 0 aliphatic rings. The molecule has 0 spiro atoms. The summed E-state index contributed by atoms with van der Waals surface area (Å²) in [5, 5.41) is 24.0. The maximum Gasteiger partial charge on any atom is 0.326 e. The molecule has 0 heterocycles. The molecule has 1 aromatic carbocycles. The van der Waals surface area contributed by atoms with Gasteiger partial charge in [-0.2, -0.15) is 0 Å². The van der Waals surface area contributed by atoms with E-state index in [1.165, 1.54) is 12.1 Å². The molecule has 0 fully saturated rings. The first-order valence-corrected chi connectivity index (χ1v) is 10.4. The van der Waals surface area contributed by atoms with Crippen LogP contribution in [0, 0.1) is 5.92 Å². The zero-order chi connectivity index (χ0) is 24.3. The largest absolute Gasteiger partial charge is 0.508 e. The lowest BCUT2D eigenvalue weighted by atomic mass is 10.0. The van der Waals surface area contributed by atoms with Gasteiger partial charge >= 0.3 is 5.97 Å². The van der Waals surface area contributed by atoms with Crippen molar-refractivity contribution in [2.24, 2.45) is 28.1 Å². The molecule has 178 valence electrons. The third-order valence-electron chi connectivity index (χ3n) is 4.63. The zero-order valence-electron chi connectivity index (χ0n) is 18.5. The molecular weight excluding hydrogens is 416 g/mol. The second-order valence-corrected chi connectivity index (χ2v) is 8.02. The van der Waals surface area contributed by atoms with E-state index < -0.39 is 35.9 Å². The highest BCUT2D eigenvalue weighted by molar-refractivity contribution is 5.92. The van der Waals surface area contributed by atoms with E-state index in [0.29, 0.717) is 18.4 Å². The molecule has 3 unspecified atom stereocenters. The average molecular weight is 451 g/mol. The minimum absolute atomic E-state index is 0.0597. The van der Waals surface area contributed by atoms with E-state index >= 15 is 0 Å². The Bertz CT molecular complexity index is 792. The highest BCUT2D eigenvalue weighted by atomic mass is 16.4. The summed E-state index contributed by atoms with van der Waals surface area (Å²) in [7, 11) is 0.